The number of aromatic nitrogens is 2. The van der Waals surface area contributed by atoms with Crippen LogP contribution >= 0.6 is 11.6 Å². The van der Waals surface area contributed by atoms with Crippen LogP contribution in [0, 0.1) is 0 Å². The van der Waals surface area contributed by atoms with E-state index >= 15 is 0 Å². The largest absolute Gasteiger partial charge is 0.373 e. The highest BCUT2D eigenvalue weighted by Gasteiger charge is 2.30. The van der Waals surface area contributed by atoms with E-state index in [0.29, 0.717) is 18.9 Å². The molecule has 124 valence electrons. The number of hydrogen-bond donors (Lipinski definition) is 2. The summed E-state index contributed by atoms with van der Waals surface area (Å²) < 4.78 is 31.7. The van der Waals surface area contributed by atoms with E-state index in [0.717, 1.165) is 0 Å². The van der Waals surface area contributed by atoms with Crippen LogP contribution < -0.4 is 11.1 Å². The Morgan fingerprint density at radius 3 is 2.64 bits per heavy atom. The second-order valence-corrected chi connectivity index (χ2v) is 7.73. The van der Waals surface area contributed by atoms with Crippen molar-refractivity contribution in [1.29, 1.82) is 0 Å². The molecule has 1 aromatic rings. The van der Waals surface area contributed by atoms with Crippen molar-refractivity contribution in [3.05, 3.63) is 11.2 Å². The van der Waals surface area contributed by atoms with Crippen molar-refractivity contribution in [2.75, 3.05) is 36.4 Å². The van der Waals surface area contributed by atoms with E-state index < -0.39 is 10.0 Å². The van der Waals surface area contributed by atoms with Gasteiger partial charge in [0.05, 0.1) is 18.0 Å². The predicted molar refractivity (Wildman–Crippen MR) is 85.3 cm³/mol. The van der Waals surface area contributed by atoms with Crippen LogP contribution in [0.5, 0.6) is 0 Å². The number of morpholine rings is 1. The molecule has 0 bridgehead atoms. The molecule has 1 aliphatic rings. The quantitative estimate of drug-likeness (QED) is 0.747. The Morgan fingerprint density at radius 2 is 2.05 bits per heavy atom. The third kappa shape index (κ3) is 4.67. The van der Waals surface area contributed by atoms with Gasteiger partial charge >= 0.3 is 0 Å². The van der Waals surface area contributed by atoms with Crippen molar-refractivity contribution >= 4 is 33.4 Å². The second-order valence-electron chi connectivity index (χ2n) is 5.25. The molecule has 3 N–H and O–H groups in total. The summed E-state index contributed by atoms with van der Waals surface area (Å²) in [5.74, 6) is 0.388. The minimum atomic E-state index is -3.36. The van der Waals surface area contributed by atoms with Gasteiger partial charge in [-0.05, 0) is 13.8 Å². The van der Waals surface area contributed by atoms with Gasteiger partial charge in [0.15, 0.2) is 0 Å². The highest BCUT2D eigenvalue weighted by molar-refractivity contribution is 7.89. The first-order valence-electron chi connectivity index (χ1n) is 6.93. The summed E-state index contributed by atoms with van der Waals surface area (Å²) in [6, 6.07) is 1.49. The second kappa shape index (κ2) is 6.95. The van der Waals surface area contributed by atoms with E-state index in [1.807, 2.05) is 13.8 Å². The molecule has 2 rings (SSSR count). The van der Waals surface area contributed by atoms with Crippen molar-refractivity contribution in [2.45, 2.75) is 26.1 Å². The third-order valence-corrected chi connectivity index (χ3v) is 5.16. The molecule has 1 aromatic heterocycles. The Bertz CT molecular complexity index is 597. The van der Waals surface area contributed by atoms with Gasteiger partial charge in [-0.1, -0.05) is 11.6 Å². The monoisotopic (exact) mass is 349 g/mol. The minimum absolute atomic E-state index is 0.0358. The molecule has 0 saturated carbocycles. The molecule has 0 aliphatic carbocycles. The van der Waals surface area contributed by atoms with Gasteiger partial charge in [-0.2, -0.15) is 9.29 Å². The highest BCUT2D eigenvalue weighted by Crippen LogP contribution is 2.15. The van der Waals surface area contributed by atoms with Crippen LogP contribution in [-0.4, -0.2) is 60.3 Å². The van der Waals surface area contributed by atoms with Crippen LogP contribution in [0.1, 0.15) is 13.8 Å². The number of nitrogen functional groups attached to an aromatic ring is 1. The number of halogens is 1. The predicted octanol–water partition coefficient (Wildman–Crippen LogP) is 0.563. The van der Waals surface area contributed by atoms with Crippen molar-refractivity contribution in [3.63, 3.8) is 0 Å². The van der Waals surface area contributed by atoms with E-state index in [9.17, 15) is 8.42 Å². The molecule has 2 unspecified atom stereocenters. The molecule has 0 aromatic carbocycles. The maximum atomic E-state index is 12.3. The number of ether oxygens (including phenoxy) is 1. The molecule has 1 fully saturated rings. The lowest BCUT2D eigenvalue weighted by Crippen LogP contribution is -2.49. The van der Waals surface area contributed by atoms with Crippen molar-refractivity contribution in [2.24, 2.45) is 0 Å². The van der Waals surface area contributed by atoms with Gasteiger partial charge in [-0.15, -0.1) is 0 Å². The molecule has 0 radical (unpaired) electrons. The zero-order valence-electron chi connectivity index (χ0n) is 12.5. The molecule has 0 amide bonds. The molecule has 8 nitrogen and oxygen atoms in total. The first kappa shape index (κ1) is 17.2. The highest BCUT2D eigenvalue weighted by atomic mass is 35.5. The first-order valence-corrected chi connectivity index (χ1v) is 8.92. The zero-order valence-corrected chi connectivity index (χ0v) is 14.1. The van der Waals surface area contributed by atoms with Gasteiger partial charge in [0.2, 0.25) is 16.0 Å². The molecule has 1 saturated heterocycles. The van der Waals surface area contributed by atoms with E-state index in [1.165, 1.54) is 10.4 Å². The average molecular weight is 350 g/mol. The molecule has 2 atom stereocenters. The molecule has 1 aliphatic heterocycles. The molecular weight excluding hydrogens is 330 g/mol. The normalized spacial score (nSPS) is 23.4. The van der Waals surface area contributed by atoms with Crippen LogP contribution in [0.3, 0.4) is 0 Å². The third-order valence-electron chi connectivity index (χ3n) is 3.16. The number of nitrogens with one attached hydrogen (secondary N) is 1. The lowest BCUT2D eigenvalue weighted by atomic mass is 10.3. The number of anilines is 2. The van der Waals surface area contributed by atoms with E-state index in [4.69, 9.17) is 22.1 Å². The topological polar surface area (TPSA) is 110 Å². The Balaban J connectivity index is 1.92. The number of hydrogen-bond acceptors (Lipinski definition) is 7. The Morgan fingerprint density at radius 1 is 1.41 bits per heavy atom. The van der Waals surface area contributed by atoms with Crippen LogP contribution in [-0.2, 0) is 14.8 Å². The number of nitrogens with two attached hydrogens (primary N) is 1. The van der Waals surface area contributed by atoms with Gasteiger partial charge in [0.1, 0.15) is 11.0 Å². The van der Waals surface area contributed by atoms with Crippen molar-refractivity contribution < 1.29 is 13.2 Å². The average Bonchev–Trinajstić information content (AvgIpc) is 2.36. The summed E-state index contributed by atoms with van der Waals surface area (Å²) in [5, 5.41) is 3.09. The number of sulfonamides is 1. The van der Waals surface area contributed by atoms with Crippen molar-refractivity contribution in [3.8, 4) is 0 Å². The lowest BCUT2D eigenvalue weighted by Gasteiger charge is -2.34. The van der Waals surface area contributed by atoms with Gasteiger partial charge < -0.3 is 15.8 Å². The summed E-state index contributed by atoms with van der Waals surface area (Å²) in [7, 11) is -3.36. The van der Waals surface area contributed by atoms with Gasteiger partial charge in [-0.3, -0.25) is 0 Å². The standard InChI is InChI=1S/C12H20ClN5O3S/c1-8-6-18(7-9(2)21-8)22(19,20)4-3-15-11-5-10(13)16-12(14)17-11/h5,8-9H,3-4,6-7H2,1-2H3,(H3,14,15,16,17). The van der Waals surface area contributed by atoms with Crippen LogP contribution in [0.2, 0.25) is 5.15 Å². The van der Waals surface area contributed by atoms with Crippen LogP contribution in [0.25, 0.3) is 0 Å². The summed E-state index contributed by atoms with van der Waals surface area (Å²) in [5.41, 5.74) is 5.48. The maximum absolute atomic E-state index is 12.3. The number of nitrogens with zero attached hydrogens (tertiary/aromatic N) is 3. The Kier molecular flexibility index (Phi) is 5.43. The Hall–Kier alpha value is -1.16. The van der Waals surface area contributed by atoms with Crippen LogP contribution in [0.4, 0.5) is 11.8 Å². The Labute approximate surface area is 135 Å². The molecule has 22 heavy (non-hydrogen) atoms. The summed E-state index contributed by atoms with van der Waals surface area (Å²) in [4.78, 5) is 7.67. The SMILES string of the molecule is CC1CN(S(=O)(=O)CCNc2cc(Cl)nc(N)n2)CC(C)O1. The fraction of sp³-hybridized carbons (Fsp3) is 0.667. The zero-order chi connectivity index (χ0) is 16.3. The fourth-order valence-corrected chi connectivity index (χ4v) is 4.00. The number of rotatable bonds is 5. The molecular formula is C12H20ClN5O3S. The molecule has 2 heterocycles. The van der Waals surface area contributed by atoms with Crippen molar-refractivity contribution in [1.82, 2.24) is 14.3 Å². The van der Waals surface area contributed by atoms with Gasteiger partial charge in [0, 0.05) is 25.7 Å². The molecule has 0 spiro atoms. The fourth-order valence-electron chi connectivity index (χ4n) is 2.32. The van der Waals surface area contributed by atoms with E-state index in [2.05, 4.69) is 15.3 Å². The van der Waals surface area contributed by atoms with E-state index in [1.54, 1.807) is 0 Å². The smallest absolute Gasteiger partial charge is 0.223 e. The van der Waals surface area contributed by atoms with Gasteiger partial charge in [-0.25, -0.2) is 13.4 Å². The van der Waals surface area contributed by atoms with Gasteiger partial charge in [0.25, 0.3) is 0 Å². The first-order chi connectivity index (χ1) is 10.3. The van der Waals surface area contributed by atoms with E-state index in [-0.39, 0.29) is 35.6 Å². The summed E-state index contributed by atoms with van der Waals surface area (Å²) in [6.45, 7) is 4.68. The lowest BCUT2D eigenvalue weighted by molar-refractivity contribution is -0.0440. The van der Waals surface area contributed by atoms with Crippen LogP contribution in [0.15, 0.2) is 6.07 Å². The molecule has 10 heteroatoms. The minimum Gasteiger partial charge on any atom is -0.373 e. The summed E-state index contributed by atoms with van der Waals surface area (Å²) in [6.07, 6.45) is -0.209. The summed E-state index contributed by atoms with van der Waals surface area (Å²) >= 11 is 5.76. The maximum Gasteiger partial charge on any atom is 0.223 e.